The minimum atomic E-state index is 0.0505. The molecule has 0 aliphatic carbocycles. The van der Waals surface area contributed by atoms with Crippen LogP contribution in [0.5, 0.6) is 5.75 Å². The Bertz CT molecular complexity index is 498. The van der Waals surface area contributed by atoms with E-state index in [1.54, 1.807) is 0 Å². The lowest BCUT2D eigenvalue weighted by atomic mass is 10.1. The van der Waals surface area contributed by atoms with Gasteiger partial charge in [-0.3, -0.25) is 0 Å². The summed E-state index contributed by atoms with van der Waals surface area (Å²) in [6.07, 6.45) is 3.52. The summed E-state index contributed by atoms with van der Waals surface area (Å²) in [4.78, 5) is 0. The standard InChI is InChI=1S/C15H16NO/c1-2-8-13-12(6-1)7-5-9-14(13)17-15-10-3-4-11-16-15/h1-2,5-9,15H,3-4,10-11H2. The maximum Gasteiger partial charge on any atom is 0.165 e. The molecule has 2 heteroatoms. The highest BCUT2D eigenvalue weighted by molar-refractivity contribution is 5.88. The molecule has 1 aliphatic heterocycles. The first-order valence-electron chi connectivity index (χ1n) is 6.24. The van der Waals surface area contributed by atoms with E-state index in [0.29, 0.717) is 0 Å². The lowest BCUT2D eigenvalue weighted by molar-refractivity contribution is 0.130. The van der Waals surface area contributed by atoms with Crippen molar-refractivity contribution < 1.29 is 4.74 Å². The third-order valence-corrected chi connectivity index (χ3v) is 3.20. The van der Waals surface area contributed by atoms with Gasteiger partial charge in [0.1, 0.15) is 5.75 Å². The van der Waals surface area contributed by atoms with Crippen molar-refractivity contribution in [3.8, 4) is 5.75 Å². The average molecular weight is 226 g/mol. The molecular formula is C15H16NO. The number of rotatable bonds is 2. The molecule has 0 spiro atoms. The molecule has 2 nitrogen and oxygen atoms in total. The Morgan fingerprint density at radius 1 is 1.00 bits per heavy atom. The van der Waals surface area contributed by atoms with Crippen LogP contribution in [0.4, 0.5) is 0 Å². The summed E-state index contributed by atoms with van der Waals surface area (Å²) in [6, 6.07) is 14.5. The number of piperidine rings is 1. The molecule has 87 valence electrons. The van der Waals surface area contributed by atoms with E-state index in [-0.39, 0.29) is 6.23 Å². The maximum atomic E-state index is 6.00. The average Bonchev–Trinajstić information content (AvgIpc) is 2.40. The van der Waals surface area contributed by atoms with Crippen molar-refractivity contribution in [2.45, 2.75) is 25.5 Å². The fourth-order valence-corrected chi connectivity index (χ4v) is 2.30. The quantitative estimate of drug-likeness (QED) is 0.770. The van der Waals surface area contributed by atoms with Crippen molar-refractivity contribution in [2.24, 2.45) is 0 Å². The zero-order chi connectivity index (χ0) is 11.5. The van der Waals surface area contributed by atoms with E-state index in [1.165, 1.54) is 23.6 Å². The van der Waals surface area contributed by atoms with Crippen molar-refractivity contribution in [3.05, 3.63) is 42.5 Å². The molecule has 3 rings (SSSR count). The lowest BCUT2D eigenvalue weighted by Crippen LogP contribution is -2.32. The normalized spacial score (nSPS) is 20.4. The number of ether oxygens (including phenoxy) is 1. The van der Waals surface area contributed by atoms with Gasteiger partial charge in [0.05, 0.1) is 0 Å². The van der Waals surface area contributed by atoms with Crippen LogP contribution in [0.15, 0.2) is 42.5 Å². The number of nitrogens with zero attached hydrogens (tertiary/aromatic N) is 1. The van der Waals surface area contributed by atoms with Gasteiger partial charge < -0.3 is 4.74 Å². The molecule has 0 N–H and O–H groups in total. The minimum absolute atomic E-state index is 0.0505. The van der Waals surface area contributed by atoms with Gasteiger partial charge in [0.2, 0.25) is 0 Å². The maximum absolute atomic E-state index is 6.00. The van der Waals surface area contributed by atoms with Crippen LogP contribution in [0.25, 0.3) is 10.8 Å². The summed E-state index contributed by atoms with van der Waals surface area (Å²) in [5.41, 5.74) is 0. The van der Waals surface area contributed by atoms with Crippen LogP contribution in [-0.2, 0) is 0 Å². The second-order valence-electron chi connectivity index (χ2n) is 4.45. The SMILES string of the molecule is c1ccc2c(OC3CCCC[N]3)cccc2c1. The second-order valence-corrected chi connectivity index (χ2v) is 4.45. The molecule has 1 fully saturated rings. The van der Waals surface area contributed by atoms with Crippen LogP contribution < -0.4 is 10.1 Å². The Kier molecular flexibility index (Phi) is 2.97. The van der Waals surface area contributed by atoms with Gasteiger partial charge in [-0.25, -0.2) is 5.32 Å². The monoisotopic (exact) mass is 226 g/mol. The second kappa shape index (κ2) is 4.76. The van der Waals surface area contributed by atoms with Crippen molar-refractivity contribution in [1.82, 2.24) is 5.32 Å². The number of hydrogen-bond acceptors (Lipinski definition) is 1. The molecule has 1 atom stereocenters. The Balaban J connectivity index is 1.89. The van der Waals surface area contributed by atoms with Gasteiger partial charge in [0.15, 0.2) is 6.23 Å². The highest BCUT2D eigenvalue weighted by Gasteiger charge is 2.15. The zero-order valence-corrected chi connectivity index (χ0v) is 9.80. The summed E-state index contributed by atoms with van der Waals surface area (Å²) >= 11 is 0. The molecule has 0 saturated carbocycles. The van der Waals surface area contributed by atoms with Gasteiger partial charge in [-0.2, -0.15) is 0 Å². The number of benzene rings is 2. The van der Waals surface area contributed by atoms with Crippen molar-refractivity contribution in [3.63, 3.8) is 0 Å². The van der Waals surface area contributed by atoms with Crippen molar-refractivity contribution in [1.29, 1.82) is 0 Å². The fourth-order valence-electron chi connectivity index (χ4n) is 2.30. The van der Waals surface area contributed by atoms with Crippen LogP contribution in [0.3, 0.4) is 0 Å². The van der Waals surface area contributed by atoms with Gasteiger partial charge in [-0.15, -0.1) is 0 Å². The van der Waals surface area contributed by atoms with E-state index in [9.17, 15) is 0 Å². The first kappa shape index (κ1) is 10.6. The molecule has 0 amide bonds. The predicted molar refractivity (Wildman–Crippen MR) is 69.2 cm³/mol. The van der Waals surface area contributed by atoms with Gasteiger partial charge in [0.25, 0.3) is 0 Å². The first-order valence-corrected chi connectivity index (χ1v) is 6.24. The third-order valence-electron chi connectivity index (χ3n) is 3.20. The van der Waals surface area contributed by atoms with Crippen molar-refractivity contribution in [2.75, 3.05) is 6.54 Å². The number of fused-ring (bicyclic) bond motifs is 1. The lowest BCUT2D eigenvalue weighted by Gasteiger charge is -2.23. The van der Waals surface area contributed by atoms with Crippen molar-refractivity contribution >= 4 is 10.8 Å². The highest BCUT2D eigenvalue weighted by Crippen LogP contribution is 2.27. The Morgan fingerprint density at radius 2 is 1.88 bits per heavy atom. The summed E-state index contributed by atoms with van der Waals surface area (Å²) in [5, 5.41) is 6.91. The van der Waals surface area contributed by atoms with E-state index in [4.69, 9.17) is 4.74 Å². The van der Waals surface area contributed by atoms with Gasteiger partial charge in [-0.1, -0.05) is 36.4 Å². The smallest absolute Gasteiger partial charge is 0.165 e. The molecule has 2 aromatic rings. The molecule has 2 aromatic carbocycles. The number of hydrogen-bond donors (Lipinski definition) is 0. The van der Waals surface area contributed by atoms with E-state index in [1.807, 2.05) is 18.2 Å². The first-order chi connectivity index (χ1) is 8.43. The van der Waals surface area contributed by atoms with Gasteiger partial charge in [-0.05, 0) is 30.7 Å². The molecule has 0 bridgehead atoms. The molecule has 1 unspecified atom stereocenters. The van der Waals surface area contributed by atoms with E-state index in [0.717, 1.165) is 18.7 Å². The van der Waals surface area contributed by atoms with Gasteiger partial charge in [0, 0.05) is 11.9 Å². The summed E-state index contributed by atoms with van der Waals surface area (Å²) in [7, 11) is 0. The minimum Gasteiger partial charge on any atom is -0.473 e. The summed E-state index contributed by atoms with van der Waals surface area (Å²) in [6.45, 7) is 0.940. The van der Waals surface area contributed by atoms with Crippen LogP contribution >= 0.6 is 0 Å². The van der Waals surface area contributed by atoms with Crippen LogP contribution in [-0.4, -0.2) is 12.8 Å². The molecule has 1 saturated heterocycles. The van der Waals surface area contributed by atoms with E-state index >= 15 is 0 Å². The fraction of sp³-hybridized carbons (Fsp3) is 0.333. The molecule has 1 heterocycles. The molecule has 1 aliphatic rings. The summed E-state index contributed by atoms with van der Waals surface area (Å²) in [5.74, 6) is 0.957. The highest BCUT2D eigenvalue weighted by atomic mass is 16.5. The predicted octanol–water partition coefficient (Wildman–Crippen LogP) is 3.33. The topological polar surface area (TPSA) is 23.3 Å². The van der Waals surface area contributed by atoms with E-state index < -0.39 is 0 Å². The van der Waals surface area contributed by atoms with Gasteiger partial charge >= 0.3 is 0 Å². The largest absolute Gasteiger partial charge is 0.473 e. The zero-order valence-electron chi connectivity index (χ0n) is 9.80. The van der Waals surface area contributed by atoms with Crippen LogP contribution in [0.2, 0.25) is 0 Å². The molecule has 1 radical (unpaired) electrons. The summed E-state index contributed by atoms with van der Waals surface area (Å²) < 4.78 is 6.00. The molecule has 0 aromatic heterocycles. The van der Waals surface area contributed by atoms with Crippen LogP contribution in [0, 0.1) is 0 Å². The third kappa shape index (κ3) is 2.27. The Labute approximate surface area is 102 Å². The Hall–Kier alpha value is -1.54. The van der Waals surface area contributed by atoms with Crippen LogP contribution in [0.1, 0.15) is 19.3 Å². The molecule has 17 heavy (non-hydrogen) atoms. The Morgan fingerprint density at radius 3 is 2.76 bits per heavy atom. The van der Waals surface area contributed by atoms with E-state index in [2.05, 4.69) is 29.6 Å². The molecular weight excluding hydrogens is 210 g/mol.